The van der Waals surface area contributed by atoms with Gasteiger partial charge in [-0.15, -0.1) is 0 Å². The van der Waals surface area contributed by atoms with Crippen molar-refractivity contribution in [2.24, 2.45) is 5.92 Å². The number of para-hydroxylation sites is 1. The van der Waals surface area contributed by atoms with E-state index in [1.807, 2.05) is 36.4 Å². The minimum absolute atomic E-state index is 0.0370. The summed E-state index contributed by atoms with van der Waals surface area (Å²) in [6, 6.07) is 15.2. The fraction of sp³-hybridized carbons (Fsp3) is 0.273. The van der Waals surface area contributed by atoms with E-state index in [0.29, 0.717) is 22.1 Å². The number of nitrogens with zero attached hydrogens (tertiary/aromatic N) is 2. The lowest BCUT2D eigenvalue weighted by molar-refractivity contribution is 0.0808. The number of aromatic nitrogens is 2. The zero-order valence-electron chi connectivity index (χ0n) is 14.8. The van der Waals surface area contributed by atoms with Crippen LogP contribution in [-0.4, -0.2) is 15.5 Å². The predicted octanol–water partition coefficient (Wildman–Crippen LogP) is 6.32. The number of imidazole rings is 1. The standard InChI is InChI=1S/C22H19ClN2O2/c23-16-10-11-18-17(13-16)24-21(20-12-15-8-4-5-9-19(15)27-20)25(18)22(26)14-6-2-1-3-7-14/h4-5,8-14H,1-3,6-7H2. The first-order valence-electron chi connectivity index (χ1n) is 9.42. The highest BCUT2D eigenvalue weighted by atomic mass is 35.5. The highest BCUT2D eigenvalue weighted by Gasteiger charge is 2.28. The Kier molecular flexibility index (Phi) is 4.01. The van der Waals surface area contributed by atoms with Crippen LogP contribution in [-0.2, 0) is 0 Å². The molecule has 0 aliphatic heterocycles. The van der Waals surface area contributed by atoms with Crippen molar-refractivity contribution in [2.75, 3.05) is 0 Å². The molecule has 4 aromatic rings. The van der Waals surface area contributed by atoms with Crippen LogP contribution in [0, 0.1) is 5.92 Å². The molecule has 0 bridgehead atoms. The first-order chi connectivity index (χ1) is 13.2. The number of halogens is 1. The average molecular weight is 379 g/mol. The lowest BCUT2D eigenvalue weighted by Crippen LogP contribution is -2.24. The highest BCUT2D eigenvalue weighted by molar-refractivity contribution is 6.31. The molecule has 0 spiro atoms. The molecule has 1 fully saturated rings. The number of hydrogen-bond acceptors (Lipinski definition) is 3. The Morgan fingerprint density at radius 3 is 2.70 bits per heavy atom. The van der Waals surface area contributed by atoms with Gasteiger partial charge in [-0.1, -0.05) is 49.1 Å². The molecule has 0 N–H and O–H groups in total. The Labute approximate surface area is 161 Å². The maximum absolute atomic E-state index is 13.4. The summed E-state index contributed by atoms with van der Waals surface area (Å²) in [6.07, 6.45) is 5.29. The normalized spacial score (nSPS) is 15.6. The predicted molar refractivity (Wildman–Crippen MR) is 107 cm³/mol. The number of carbonyl (C=O) groups excluding carboxylic acids is 1. The fourth-order valence-electron chi connectivity index (χ4n) is 4.07. The number of fused-ring (bicyclic) bond motifs is 2. The summed E-state index contributed by atoms with van der Waals surface area (Å²) >= 11 is 6.16. The van der Waals surface area contributed by atoms with E-state index in [1.54, 1.807) is 16.7 Å². The van der Waals surface area contributed by atoms with E-state index in [1.165, 1.54) is 6.42 Å². The van der Waals surface area contributed by atoms with E-state index in [9.17, 15) is 4.79 Å². The van der Waals surface area contributed by atoms with Gasteiger partial charge in [-0.2, -0.15) is 0 Å². The summed E-state index contributed by atoms with van der Waals surface area (Å²) < 4.78 is 7.76. The molecule has 136 valence electrons. The number of rotatable bonds is 2. The number of benzene rings is 2. The molecular formula is C22H19ClN2O2. The van der Waals surface area contributed by atoms with Gasteiger partial charge in [-0.3, -0.25) is 9.36 Å². The van der Waals surface area contributed by atoms with Gasteiger partial charge in [0.2, 0.25) is 5.91 Å². The maximum Gasteiger partial charge on any atom is 0.236 e. The Balaban J connectivity index is 1.71. The molecule has 0 saturated heterocycles. The Morgan fingerprint density at radius 1 is 1.07 bits per heavy atom. The van der Waals surface area contributed by atoms with E-state index in [0.717, 1.165) is 42.2 Å². The zero-order valence-corrected chi connectivity index (χ0v) is 15.6. The monoisotopic (exact) mass is 378 g/mol. The molecule has 0 amide bonds. The van der Waals surface area contributed by atoms with E-state index in [4.69, 9.17) is 21.0 Å². The van der Waals surface area contributed by atoms with Crippen molar-refractivity contribution in [1.82, 2.24) is 9.55 Å². The lowest BCUT2D eigenvalue weighted by atomic mass is 9.88. The summed E-state index contributed by atoms with van der Waals surface area (Å²) in [5.74, 6) is 1.30. The second kappa shape index (κ2) is 6.54. The number of carbonyl (C=O) groups is 1. The smallest absolute Gasteiger partial charge is 0.236 e. The third-order valence-electron chi connectivity index (χ3n) is 5.44. The topological polar surface area (TPSA) is 48.0 Å². The van der Waals surface area contributed by atoms with E-state index >= 15 is 0 Å². The molecule has 2 aromatic carbocycles. The number of hydrogen-bond donors (Lipinski definition) is 0. The van der Waals surface area contributed by atoms with Gasteiger partial charge in [-0.25, -0.2) is 4.98 Å². The summed E-state index contributed by atoms with van der Waals surface area (Å²) in [7, 11) is 0. The SMILES string of the molecule is O=C(C1CCCCC1)n1c(-c2cc3ccccc3o2)nc2cc(Cl)ccc21. The van der Waals surface area contributed by atoms with Crippen LogP contribution in [0.3, 0.4) is 0 Å². The van der Waals surface area contributed by atoms with Crippen molar-refractivity contribution in [3.63, 3.8) is 0 Å². The molecule has 5 heteroatoms. The van der Waals surface area contributed by atoms with E-state index < -0.39 is 0 Å². The van der Waals surface area contributed by atoms with Gasteiger partial charge in [0.25, 0.3) is 0 Å². The van der Waals surface area contributed by atoms with Gasteiger partial charge in [-0.05, 0) is 43.2 Å². The van der Waals surface area contributed by atoms with Gasteiger partial charge in [0.05, 0.1) is 11.0 Å². The van der Waals surface area contributed by atoms with Crippen LogP contribution in [0.4, 0.5) is 0 Å². The van der Waals surface area contributed by atoms with E-state index in [-0.39, 0.29) is 11.8 Å². The Morgan fingerprint density at radius 2 is 1.89 bits per heavy atom. The van der Waals surface area contributed by atoms with Gasteiger partial charge < -0.3 is 4.42 Å². The fourth-order valence-corrected chi connectivity index (χ4v) is 4.23. The summed E-state index contributed by atoms with van der Waals surface area (Å²) in [4.78, 5) is 18.1. The first kappa shape index (κ1) is 16.6. The lowest BCUT2D eigenvalue weighted by Gasteiger charge is -2.21. The summed E-state index contributed by atoms with van der Waals surface area (Å²) in [5, 5.41) is 1.60. The molecule has 5 rings (SSSR count). The second-order valence-electron chi connectivity index (χ2n) is 7.23. The average Bonchev–Trinajstić information content (AvgIpc) is 3.28. The van der Waals surface area contributed by atoms with Crippen LogP contribution in [0.25, 0.3) is 33.6 Å². The highest BCUT2D eigenvalue weighted by Crippen LogP contribution is 2.33. The molecule has 0 unspecified atom stereocenters. The van der Waals surface area contributed by atoms with Crippen LogP contribution < -0.4 is 0 Å². The van der Waals surface area contributed by atoms with Crippen molar-refractivity contribution < 1.29 is 9.21 Å². The van der Waals surface area contributed by atoms with Crippen molar-refractivity contribution in [3.05, 3.63) is 53.6 Å². The van der Waals surface area contributed by atoms with Gasteiger partial charge in [0.15, 0.2) is 11.6 Å². The summed E-state index contributed by atoms with van der Waals surface area (Å²) in [5.41, 5.74) is 2.28. The molecule has 1 saturated carbocycles. The van der Waals surface area contributed by atoms with Crippen LogP contribution in [0.2, 0.25) is 5.02 Å². The molecule has 2 heterocycles. The van der Waals surface area contributed by atoms with Crippen molar-refractivity contribution >= 4 is 39.5 Å². The molecule has 4 nitrogen and oxygen atoms in total. The molecule has 1 aliphatic rings. The third-order valence-corrected chi connectivity index (χ3v) is 5.67. The summed E-state index contributed by atoms with van der Waals surface area (Å²) in [6.45, 7) is 0. The first-order valence-corrected chi connectivity index (χ1v) is 9.80. The maximum atomic E-state index is 13.4. The molecule has 0 radical (unpaired) electrons. The number of furan rings is 1. The van der Waals surface area contributed by atoms with Crippen LogP contribution in [0.1, 0.15) is 36.9 Å². The van der Waals surface area contributed by atoms with Gasteiger partial charge in [0, 0.05) is 16.3 Å². The minimum atomic E-state index is 0.0370. The zero-order chi connectivity index (χ0) is 18.4. The van der Waals surface area contributed by atoms with Gasteiger partial charge >= 0.3 is 0 Å². The molecule has 1 aliphatic carbocycles. The quantitative estimate of drug-likeness (QED) is 0.410. The second-order valence-corrected chi connectivity index (χ2v) is 7.66. The van der Waals surface area contributed by atoms with Gasteiger partial charge in [0.1, 0.15) is 5.58 Å². The Hall–Kier alpha value is -2.59. The molecular weight excluding hydrogens is 360 g/mol. The van der Waals surface area contributed by atoms with Crippen LogP contribution in [0.15, 0.2) is 52.9 Å². The van der Waals surface area contributed by atoms with Crippen LogP contribution >= 0.6 is 11.6 Å². The largest absolute Gasteiger partial charge is 0.453 e. The van der Waals surface area contributed by atoms with Crippen molar-refractivity contribution in [2.45, 2.75) is 32.1 Å². The molecule has 27 heavy (non-hydrogen) atoms. The molecule has 0 atom stereocenters. The Bertz CT molecular complexity index is 1120. The minimum Gasteiger partial charge on any atom is -0.453 e. The van der Waals surface area contributed by atoms with E-state index in [2.05, 4.69) is 0 Å². The molecule has 2 aromatic heterocycles. The van der Waals surface area contributed by atoms with Crippen molar-refractivity contribution in [1.29, 1.82) is 0 Å². The van der Waals surface area contributed by atoms with Crippen molar-refractivity contribution in [3.8, 4) is 11.6 Å². The third kappa shape index (κ3) is 2.85. The van der Waals surface area contributed by atoms with Crippen LogP contribution in [0.5, 0.6) is 0 Å².